The summed E-state index contributed by atoms with van der Waals surface area (Å²) in [6.07, 6.45) is 2.64. The molecule has 0 bridgehead atoms. The van der Waals surface area contributed by atoms with Gasteiger partial charge in [0.05, 0.1) is 11.4 Å². The number of hydrogen-bond donors (Lipinski definition) is 0. The van der Waals surface area contributed by atoms with Gasteiger partial charge in [-0.1, -0.05) is 36.7 Å². The second-order valence-electron chi connectivity index (χ2n) is 4.79. The zero-order valence-corrected chi connectivity index (χ0v) is 12.7. The van der Waals surface area contributed by atoms with Crippen LogP contribution in [0.4, 0.5) is 0 Å². The number of halogens is 1. The summed E-state index contributed by atoms with van der Waals surface area (Å²) >= 11 is 6.17. The fourth-order valence-electron chi connectivity index (χ4n) is 2.45. The van der Waals surface area contributed by atoms with Gasteiger partial charge in [-0.15, -0.1) is 5.10 Å². The van der Waals surface area contributed by atoms with Crippen molar-refractivity contribution >= 4 is 17.9 Å². The molecule has 0 N–H and O–H groups in total. The maximum Gasteiger partial charge on any atom is 0.172 e. The van der Waals surface area contributed by atoms with Gasteiger partial charge in [0, 0.05) is 10.9 Å². The molecule has 20 heavy (non-hydrogen) atoms. The van der Waals surface area contributed by atoms with E-state index >= 15 is 0 Å². The SMILES string of the molecule is CCC(CC)c1c(C=O)nnn1-c1cccc(Cl)c1C. The largest absolute Gasteiger partial charge is 0.296 e. The van der Waals surface area contributed by atoms with E-state index in [9.17, 15) is 4.79 Å². The van der Waals surface area contributed by atoms with E-state index in [0.717, 1.165) is 36.1 Å². The number of carbonyl (C=O) groups is 1. The molecule has 0 aliphatic carbocycles. The molecule has 0 amide bonds. The average molecular weight is 292 g/mol. The summed E-state index contributed by atoms with van der Waals surface area (Å²) in [6.45, 7) is 6.15. The van der Waals surface area contributed by atoms with Gasteiger partial charge in [-0.25, -0.2) is 4.68 Å². The molecule has 0 spiro atoms. The van der Waals surface area contributed by atoms with Gasteiger partial charge in [0.15, 0.2) is 6.29 Å². The minimum atomic E-state index is 0.253. The van der Waals surface area contributed by atoms with Crippen LogP contribution in [0.5, 0.6) is 0 Å². The standard InChI is InChI=1S/C15H18ClN3O/c1-4-11(5-2)15-13(9-20)17-18-19(15)14-8-6-7-12(16)10(14)3/h6-9,11H,4-5H2,1-3H3. The van der Waals surface area contributed by atoms with Gasteiger partial charge in [0.2, 0.25) is 0 Å². The molecule has 0 aliphatic rings. The molecular formula is C15H18ClN3O. The van der Waals surface area contributed by atoms with E-state index in [0.29, 0.717) is 10.7 Å². The molecule has 0 saturated heterocycles. The van der Waals surface area contributed by atoms with Crippen LogP contribution in [-0.4, -0.2) is 21.3 Å². The lowest BCUT2D eigenvalue weighted by atomic mass is 9.97. The van der Waals surface area contributed by atoms with E-state index in [-0.39, 0.29) is 5.92 Å². The second kappa shape index (κ2) is 6.18. The Kier molecular flexibility index (Phi) is 4.55. The maximum atomic E-state index is 11.2. The maximum absolute atomic E-state index is 11.2. The highest BCUT2D eigenvalue weighted by Crippen LogP contribution is 2.29. The van der Waals surface area contributed by atoms with Crippen molar-refractivity contribution in [1.82, 2.24) is 15.0 Å². The van der Waals surface area contributed by atoms with Crippen LogP contribution < -0.4 is 0 Å². The number of benzene rings is 1. The van der Waals surface area contributed by atoms with Crippen LogP contribution in [0.1, 0.15) is 54.4 Å². The molecule has 5 heteroatoms. The lowest BCUT2D eigenvalue weighted by Crippen LogP contribution is -2.10. The number of hydrogen-bond acceptors (Lipinski definition) is 3. The Bertz CT molecular complexity index is 618. The number of nitrogens with zero attached hydrogens (tertiary/aromatic N) is 3. The van der Waals surface area contributed by atoms with Crippen molar-refractivity contribution in [3.63, 3.8) is 0 Å². The first kappa shape index (κ1) is 14.7. The van der Waals surface area contributed by atoms with Crippen LogP contribution in [0.25, 0.3) is 5.69 Å². The smallest absolute Gasteiger partial charge is 0.172 e. The summed E-state index contributed by atoms with van der Waals surface area (Å²) in [5, 5.41) is 8.83. The van der Waals surface area contributed by atoms with Crippen LogP contribution in [0, 0.1) is 6.92 Å². The summed E-state index contributed by atoms with van der Waals surface area (Å²) in [7, 11) is 0. The summed E-state index contributed by atoms with van der Waals surface area (Å²) in [5.41, 5.74) is 3.09. The molecule has 106 valence electrons. The van der Waals surface area contributed by atoms with Crippen molar-refractivity contribution in [2.75, 3.05) is 0 Å². The number of aromatic nitrogens is 3. The Balaban J connectivity index is 2.65. The number of rotatable bonds is 5. The van der Waals surface area contributed by atoms with E-state index in [4.69, 9.17) is 11.6 Å². The molecule has 0 saturated carbocycles. The van der Waals surface area contributed by atoms with Crippen molar-refractivity contribution < 1.29 is 4.79 Å². The van der Waals surface area contributed by atoms with Gasteiger partial charge in [-0.05, 0) is 37.5 Å². The predicted molar refractivity (Wildman–Crippen MR) is 79.8 cm³/mol. The lowest BCUT2D eigenvalue weighted by molar-refractivity contribution is 0.111. The number of aldehydes is 1. The van der Waals surface area contributed by atoms with Gasteiger partial charge in [0.25, 0.3) is 0 Å². The topological polar surface area (TPSA) is 47.8 Å². The minimum Gasteiger partial charge on any atom is -0.296 e. The Hall–Kier alpha value is -1.68. The van der Waals surface area contributed by atoms with Crippen LogP contribution >= 0.6 is 11.6 Å². The summed E-state index contributed by atoms with van der Waals surface area (Å²) in [5.74, 6) is 0.253. The summed E-state index contributed by atoms with van der Waals surface area (Å²) < 4.78 is 1.75. The van der Waals surface area contributed by atoms with Crippen LogP contribution in [0.2, 0.25) is 5.02 Å². The third kappa shape index (κ3) is 2.48. The van der Waals surface area contributed by atoms with Crippen molar-refractivity contribution in [1.29, 1.82) is 0 Å². The first-order chi connectivity index (χ1) is 9.63. The average Bonchev–Trinajstić information content (AvgIpc) is 2.87. The van der Waals surface area contributed by atoms with E-state index < -0.39 is 0 Å². The Morgan fingerprint density at radius 2 is 2.05 bits per heavy atom. The van der Waals surface area contributed by atoms with Crippen molar-refractivity contribution in [2.45, 2.75) is 39.5 Å². The molecule has 1 aromatic carbocycles. The van der Waals surface area contributed by atoms with Crippen molar-refractivity contribution in [2.24, 2.45) is 0 Å². The molecule has 0 radical (unpaired) electrons. The molecule has 0 fully saturated rings. The highest BCUT2D eigenvalue weighted by atomic mass is 35.5. The molecule has 1 aromatic heterocycles. The van der Waals surface area contributed by atoms with Gasteiger partial charge in [-0.3, -0.25) is 4.79 Å². The first-order valence-corrected chi connectivity index (χ1v) is 7.18. The fourth-order valence-corrected chi connectivity index (χ4v) is 2.62. The molecular weight excluding hydrogens is 274 g/mol. The zero-order chi connectivity index (χ0) is 14.7. The fraction of sp³-hybridized carbons (Fsp3) is 0.400. The monoisotopic (exact) mass is 291 g/mol. The zero-order valence-electron chi connectivity index (χ0n) is 11.9. The molecule has 0 atom stereocenters. The second-order valence-corrected chi connectivity index (χ2v) is 5.19. The van der Waals surface area contributed by atoms with E-state index in [1.807, 2.05) is 25.1 Å². The Morgan fingerprint density at radius 3 is 2.65 bits per heavy atom. The van der Waals surface area contributed by atoms with Crippen LogP contribution in [-0.2, 0) is 0 Å². The molecule has 0 unspecified atom stereocenters. The van der Waals surface area contributed by atoms with Crippen LogP contribution in [0.15, 0.2) is 18.2 Å². The van der Waals surface area contributed by atoms with Crippen molar-refractivity contribution in [3.8, 4) is 5.69 Å². The van der Waals surface area contributed by atoms with E-state index in [1.54, 1.807) is 4.68 Å². The van der Waals surface area contributed by atoms with Crippen LogP contribution in [0.3, 0.4) is 0 Å². The Morgan fingerprint density at radius 1 is 1.35 bits per heavy atom. The lowest BCUT2D eigenvalue weighted by Gasteiger charge is -2.16. The van der Waals surface area contributed by atoms with E-state index in [1.165, 1.54) is 0 Å². The quantitative estimate of drug-likeness (QED) is 0.784. The third-order valence-electron chi connectivity index (χ3n) is 3.68. The van der Waals surface area contributed by atoms with Gasteiger partial charge >= 0.3 is 0 Å². The van der Waals surface area contributed by atoms with Gasteiger partial charge < -0.3 is 0 Å². The normalized spacial score (nSPS) is 11.1. The molecule has 4 nitrogen and oxygen atoms in total. The highest BCUT2D eigenvalue weighted by molar-refractivity contribution is 6.31. The molecule has 2 aromatic rings. The summed E-state index contributed by atoms with van der Waals surface area (Å²) in [6, 6.07) is 5.66. The highest BCUT2D eigenvalue weighted by Gasteiger charge is 2.21. The van der Waals surface area contributed by atoms with Crippen molar-refractivity contribution in [3.05, 3.63) is 40.2 Å². The molecule has 2 rings (SSSR count). The Labute approximate surface area is 123 Å². The summed E-state index contributed by atoms with van der Waals surface area (Å²) in [4.78, 5) is 11.2. The molecule has 1 heterocycles. The predicted octanol–water partition coefficient (Wildman–Crippen LogP) is 3.95. The third-order valence-corrected chi connectivity index (χ3v) is 4.09. The first-order valence-electron chi connectivity index (χ1n) is 6.80. The van der Waals surface area contributed by atoms with Gasteiger partial charge in [0.1, 0.15) is 5.69 Å². The number of carbonyl (C=O) groups excluding carboxylic acids is 1. The molecule has 0 aliphatic heterocycles. The van der Waals surface area contributed by atoms with Gasteiger partial charge in [-0.2, -0.15) is 0 Å². The minimum absolute atomic E-state index is 0.253. The van der Waals surface area contributed by atoms with E-state index in [2.05, 4.69) is 24.2 Å².